The maximum atomic E-state index is 11.8. The SMILES string of the molecule is COc1ccc(Br)cc1NC(=O)NCCC(=O)NC(C)C. The fraction of sp³-hybridized carbons (Fsp3) is 0.429. The largest absolute Gasteiger partial charge is 0.495 e. The van der Waals surface area contributed by atoms with Crippen LogP contribution in [0.5, 0.6) is 5.75 Å². The molecule has 1 aromatic rings. The summed E-state index contributed by atoms with van der Waals surface area (Å²) in [7, 11) is 1.53. The second-order valence-electron chi connectivity index (χ2n) is 4.70. The lowest BCUT2D eigenvalue weighted by Crippen LogP contribution is -2.35. The van der Waals surface area contributed by atoms with Gasteiger partial charge in [0.25, 0.3) is 0 Å². The molecule has 0 radical (unpaired) electrons. The predicted octanol–water partition coefficient (Wildman–Crippen LogP) is 2.49. The van der Waals surface area contributed by atoms with Crippen LogP contribution in [0.4, 0.5) is 10.5 Å². The third kappa shape index (κ3) is 6.48. The fourth-order valence-corrected chi connectivity index (χ4v) is 1.99. The topological polar surface area (TPSA) is 79.5 Å². The Hall–Kier alpha value is -1.76. The highest BCUT2D eigenvalue weighted by molar-refractivity contribution is 9.10. The summed E-state index contributed by atoms with van der Waals surface area (Å²) < 4.78 is 5.99. The molecule has 7 heteroatoms. The van der Waals surface area contributed by atoms with Crippen molar-refractivity contribution in [2.24, 2.45) is 0 Å². The Labute approximate surface area is 132 Å². The number of hydrogen-bond donors (Lipinski definition) is 3. The van der Waals surface area contributed by atoms with Gasteiger partial charge in [0, 0.05) is 23.5 Å². The van der Waals surface area contributed by atoms with Crippen LogP contribution in [0.1, 0.15) is 20.3 Å². The van der Waals surface area contributed by atoms with Gasteiger partial charge in [0.15, 0.2) is 0 Å². The summed E-state index contributed by atoms with van der Waals surface area (Å²) in [5, 5.41) is 8.06. The van der Waals surface area contributed by atoms with Gasteiger partial charge in [-0.3, -0.25) is 4.79 Å². The number of anilines is 1. The van der Waals surface area contributed by atoms with Crippen molar-refractivity contribution in [3.05, 3.63) is 22.7 Å². The van der Waals surface area contributed by atoms with Gasteiger partial charge >= 0.3 is 6.03 Å². The van der Waals surface area contributed by atoms with Crippen LogP contribution in [0.3, 0.4) is 0 Å². The number of benzene rings is 1. The summed E-state index contributed by atoms with van der Waals surface area (Å²) in [5.41, 5.74) is 0.552. The van der Waals surface area contributed by atoms with E-state index >= 15 is 0 Å². The van der Waals surface area contributed by atoms with Crippen molar-refractivity contribution in [1.29, 1.82) is 0 Å². The van der Waals surface area contributed by atoms with E-state index in [1.165, 1.54) is 7.11 Å². The normalized spacial score (nSPS) is 10.1. The number of methoxy groups -OCH3 is 1. The Morgan fingerprint density at radius 2 is 2.05 bits per heavy atom. The monoisotopic (exact) mass is 357 g/mol. The highest BCUT2D eigenvalue weighted by atomic mass is 79.9. The van der Waals surface area contributed by atoms with E-state index in [0.29, 0.717) is 11.4 Å². The zero-order valence-electron chi connectivity index (χ0n) is 12.3. The minimum absolute atomic E-state index is 0.0923. The van der Waals surface area contributed by atoms with Crippen LogP contribution in [-0.2, 0) is 4.79 Å². The van der Waals surface area contributed by atoms with Gasteiger partial charge in [0.2, 0.25) is 5.91 Å². The average molecular weight is 358 g/mol. The number of ether oxygens (including phenoxy) is 1. The third-order valence-corrected chi connectivity index (χ3v) is 2.99. The molecule has 0 heterocycles. The first kappa shape index (κ1) is 17.3. The van der Waals surface area contributed by atoms with Crippen LogP contribution in [0.25, 0.3) is 0 Å². The maximum Gasteiger partial charge on any atom is 0.319 e. The van der Waals surface area contributed by atoms with Crippen molar-refractivity contribution < 1.29 is 14.3 Å². The van der Waals surface area contributed by atoms with Crippen LogP contribution in [0.15, 0.2) is 22.7 Å². The summed E-state index contributed by atoms with van der Waals surface area (Å²) in [6, 6.07) is 5.01. The van der Waals surface area contributed by atoms with Crippen molar-refractivity contribution in [2.75, 3.05) is 19.0 Å². The molecule has 0 saturated carbocycles. The van der Waals surface area contributed by atoms with Crippen molar-refractivity contribution in [3.63, 3.8) is 0 Å². The lowest BCUT2D eigenvalue weighted by molar-refractivity contribution is -0.121. The molecule has 6 nitrogen and oxygen atoms in total. The molecule has 0 aliphatic heterocycles. The van der Waals surface area contributed by atoms with E-state index in [4.69, 9.17) is 4.74 Å². The molecular weight excluding hydrogens is 338 g/mol. The molecule has 0 unspecified atom stereocenters. The molecule has 1 rings (SSSR count). The smallest absolute Gasteiger partial charge is 0.319 e. The quantitative estimate of drug-likeness (QED) is 0.731. The van der Waals surface area contributed by atoms with Gasteiger partial charge < -0.3 is 20.7 Å². The second-order valence-corrected chi connectivity index (χ2v) is 5.61. The summed E-state index contributed by atoms with van der Waals surface area (Å²) >= 11 is 3.33. The highest BCUT2D eigenvalue weighted by Gasteiger charge is 2.09. The molecular formula is C14H20BrN3O3. The molecule has 0 fully saturated rings. The number of nitrogens with one attached hydrogen (secondary N) is 3. The van der Waals surface area contributed by atoms with E-state index in [-0.39, 0.29) is 30.9 Å². The molecule has 0 aliphatic carbocycles. The summed E-state index contributed by atoms with van der Waals surface area (Å²) in [4.78, 5) is 23.2. The number of urea groups is 1. The summed E-state index contributed by atoms with van der Waals surface area (Å²) in [6.45, 7) is 4.04. The van der Waals surface area contributed by atoms with Gasteiger partial charge in [-0.05, 0) is 32.0 Å². The van der Waals surface area contributed by atoms with Gasteiger partial charge in [-0.25, -0.2) is 4.79 Å². The zero-order chi connectivity index (χ0) is 15.8. The average Bonchev–Trinajstić information content (AvgIpc) is 2.38. The Morgan fingerprint density at radius 1 is 1.33 bits per heavy atom. The molecule has 0 saturated heterocycles. The van der Waals surface area contributed by atoms with Gasteiger partial charge in [-0.15, -0.1) is 0 Å². The number of carbonyl (C=O) groups is 2. The first-order valence-electron chi connectivity index (χ1n) is 6.60. The standard InChI is InChI=1S/C14H20BrN3O3/c1-9(2)17-13(19)6-7-16-14(20)18-11-8-10(15)4-5-12(11)21-3/h4-5,8-9H,6-7H2,1-3H3,(H,17,19)(H2,16,18,20). The lowest BCUT2D eigenvalue weighted by atomic mass is 10.3. The number of hydrogen-bond acceptors (Lipinski definition) is 3. The van der Waals surface area contributed by atoms with Crippen LogP contribution in [-0.4, -0.2) is 31.6 Å². The van der Waals surface area contributed by atoms with Gasteiger partial charge in [-0.1, -0.05) is 15.9 Å². The first-order valence-corrected chi connectivity index (χ1v) is 7.39. The third-order valence-electron chi connectivity index (χ3n) is 2.50. The van der Waals surface area contributed by atoms with Crippen LogP contribution >= 0.6 is 15.9 Å². The molecule has 116 valence electrons. The van der Waals surface area contributed by atoms with E-state index < -0.39 is 0 Å². The molecule has 0 aliphatic rings. The number of carbonyl (C=O) groups excluding carboxylic acids is 2. The Bertz CT molecular complexity index is 506. The molecule has 3 N–H and O–H groups in total. The molecule has 1 aromatic carbocycles. The predicted molar refractivity (Wildman–Crippen MR) is 85.6 cm³/mol. The van der Waals surface area contributed by atoms with E-state index in [2.05, 4.69) is 31.9 Å². The number of halogens is 1. The van der Waals surface area contributed by atoms with Crippen molar-refractivity contribution >= 4 is 33.6 Å². The van der Waals surface area contributed by atoms with E-state index in [1.54, 1.807) is 12.1 Å². The van der Waals surface area contributed by atoms with Gasteiger partial charge in [-0.2, -0.15) is 0 Å². The highest BCUT2D eigenvalue weighted by Crippen LogP contribution is 2.27. The first-order chi connectivity index (χ1) is 9.92. The molecule has 0 bridgehead atoms. The van der Waals surface area contributed by atoms with E-state index in [0.717, 1.165) is 4.47 Å². The van der Waals surface area contributed by atoms with Gasteiger partial charge in [0.05, 0.1) is 12.8 Å². The molecule has 0 atom stereocenters. The van der Waals surface area contributed by atoms with Crippen LogP contribution < -0.4 is 20.7 Å². The van der Waals surface area contributed by atoms with Crippen LogP contribution in [0, 0.1) is 0 Å². The van der Waals surface area contributed by atoms with Crippen molar-refractivity contribution in [1.82, 2.24) is 10.6 Å². The maximum absolute atomic E-state index is 11.8. The van der Waals surface area contributed by atoms with Crippen LogP contribution in [0.2, 0.25) is 0 Å². The second kappa shape index (κ2) is 8.51. The Morgan fingerprint density at radius 3 is 2.67 bits per heavy atom. The molecule has 3 amide bonds. The summed E-state index contributed by atoms with van der Waals surface area (Å²) in [6.07, 6.45) is 0.237. The number of rotatable bonds is 6. The minimum atomic E-state index is -0.385. The van der Waals surface area contributed by atoms with Gasteiger partial charge in [0.1, 0.15) is 5.75 Å². The molecule has 0 spiro atoms. The zero-order valence-corrected chi connectivity index (χ0v) is 13.9. The van der Waals surface area contributed by atoms with E-state index in [1.807, 2.05) is 19.9 Å². The molecule has 21 heavy (non-hydrogen) atoms. The van der Waals surface area contributed by atoms with Crippen molar-refractivity contribution in [2.45, 2.75) is 26.3 Å². The fourth-order valence-electron chi connectivity index (χ4n) is 1.63. The molecule has 0 aromatic heterocycles. The van der Waals surface area contributed by atoms with Crippen molar-refractivity contribution in [3.8, 4) is 5.75 Å². The summed E-state index contributed by atoms with van der Waals surface area (Å²) in [5.74, 6) is 0.469. The Kier molecular flexibility index (Phi) is 7.01. The lowest BCUT2D eigenvalue weighted by Gasteiger charge is -2.12. The Balaban J connectivity index is 2.44. The van der Waals surface area contributed by atoms with E-state index in [9.17, 15) is 9.59 Å². The number of amides is 3. The minimum Gasteiger partial charge on any atom is -0.495 e.